The molecule has 0 saturated heterocycles. The summed E-state index contributed by atoms with van der Waals surface area (Å²) in [6, 6.07) is 18.3. The number of nitrogens with one attached hydrogen (secondary N) is 1. The molecule has 0 spiro atoms. The molecular weight excluding hydrogens is 358 g/mol. The Bertz CT molecular complexity index is 915. The van der Waals surface area contributed by atoms with E-state index in [4.69, 9.17) is 0 Å². The summed E-state index contributed by atoms with van der Waals surface area (Å²) in [5, 5.41) is 3.93. The molecule has 0 saturated carbocycles. The van der Waals surface area contributed by atoms with Crippen molar-refractivity contribution in [3.8, 4) is 11.1 Å². The molecule has 0 radical (unpaired) electrons. The third-order valence-corrected chi connectivity index (χ3v) is 4.04. The van der Waals surface area contributed by atoms with Crippen molar-refractivity contribution >= 4 is 15.9 Å². The van der Waals surface area contributed by atoms with Crippen LogP contribution < -0.4 is 11.2 Å². The number of aromatic nitrogens is 3. The molecule has 0 aliphatic carbocycles. The Morgan fingerprint density at radius 3 is 2.30 bits per heavy atom. The van der Waals surface area contributed by atoms with Gasteiger partial charge in [0.25, 0.3) is 5.56 Å². The minimum Gasteiger partial charge on any atom is -0.270 e. The van der Waals surface area contributed by atoms with Crippen LogP contribution in [-0.2, 0) is 13.0 Å². The van der Waals surface area contributed by atoms with Gasteiger partial charge in [-0.25, -0.2) is 9.48 Å². The van der Waals surface area contributed by atoms with Gasteiger partial charge in [-0.3, -0.25) is 9.78 Å². The lowest BCUT2D eigenvalue weighted by Gasteiger charge is -2.06. The third-order valence-electron chi connectivity index (χ3n) is 3.52. The van der Waals surface area contributed by atoms with Gasteiger partial charge >= 0.3 is 5.69 Å². The van der Waals surface area contributed by atoms with E-state index in [9.17, 15) is 9.59 Å². The lowest BCUT2D eigenvalue weighted by molar-refractivity contribution is 0.548. The number of halogens is 1. The molecule has 0 atom stereocenters. The molecule has 0 bridgehead atoms. The van der Waals surface area contributed by atoms with Crippen molar-refractivity contribution in [1.29, 1.82) is 0 Å². The van der Waals surface area contributed by atoms with Crippen LogP contribution in [0.4, 0.5) is 0 Å². The summed E-state index contributed by atoms with van der Waals surface area (Å²) >= 11 is 3.03. The van der Waals surface area contributed by atoms with Crippen LogP contribution in [0.25, 0.3) is 11.1 Å². The molecule has 116 valence electrons. The molecule has 0 fully saturated rings. The quantitative estimate of drug-likeness (QED) is 0.766. The zero-order chi connectivity index (χ0) is 16.2. The van der Waals surface area contributed by atoms with Crippen molar-refractivity contribution in [2.75, 3.05) is 0 Å². The van der Waals surface area contributed by atoms with Gasteiger partial charge in [0.15, 0.2) is 4.60 Å². The molecule has 3 aromatic rings. The molecule has 1 N–H and O–H groups in total. The Balaban J connectivity index is 1.73. The van der Waals surface area contributed by atoms with Gasteiger partial charge in [-0.05, 0) is 39.0 Å². The number of H-pyrrole nitrogens is 1. The normalized spacial score (nSPS) is 10.7. The molecule has 0 aliphatic rings. The topological polar surface area (TPSA) is 67.8 Å². The first kappa shape index (κ1) is 15.4. The maximum Gasteiger partial charge on any atom is 0.344 e. The van der Waals surface area contributed by atoms with Crippen molar-refractivity contribution in [1.82, 2.24) is 14.8 Å². The van der Waals surface area contributed by atoms with E-state index >= 15 is 0 Å². The van der Waals surface area contributed by atoms with E-state index in [2.05, 4.69) is 50.3 Å². The summed E-state index contributed by atoms with van der Waals surface area (Å²) in [6.07, 6.45) is 0.653. The van der Waals surface area contributed by atoms with Gasteiger partial charge in [0, 0.05) is 0 Å². The molecule has 0 unspecified atom stereocenters. The summed E-state index contributed by atoms with van der Waals surface area (Å²) in [4.78, 5) is 25.2. The second-order valence-corrected chi connectivity index (χ2v) is 5.84. The van der Waals surface area contributed by atoms with Crippen molar-refractivity contribution in [2.45, 2.75) is 13.0 Å². The lowest BCUT2D eigenvalue weighted by atomic mass is 10.0. The van der Waals surface area contributed by atoms with E-state index in [0.29, 0.717) is 13.0 Å². The summed E-state index contributed by atoms with van der Waals surface area (Å²) in [5.41, 5.74) is 2.40. The van der Waals surface area contributed by atoms with Crippen LogP contribution in [0.5, 0.6) is 0 Å². The highest BCUT2D eigenvalue weighted by atomic mass is 79.9. The molecule has 5 nitrogen and oxygen atoms in total. The maximum atomic E-state index is 11.7. The van der Waals surface area contributed by atoms with Gasteiger partial charge in [-0.15, -0.1) is 0 Å². The van der Waals surface area contributed by atoms with E-state index < -0.39 is 11.2 Å². The van der Waals surface area contributed by atoms with Crippen LogP contribution in [0, 0.1) is 0 Å². The SMILES string of the molecule is O=c1[nH]c(=O)n(CCc2ccc(-c3ccccc3)cc2)nc1Br. The van der Waals surface area contributed by atoms with Gasteiger partial charge in [-0.1, -0.05) is 54.6 Å². The van der Waals surface area contributed by atoms with Gasteiger partial charge in [0.1, 0.15) is 0 Å². The van der Waals surface area contributed by atoms with Gasteiger partial charge < -0.3 is 0 Å². The monoisotopic (exact) mass is 371 g/mol. The average Bonchev–Trinajstić information content (AvgIpc) is 2.58. The smallest absolute Gasteiger partial charge is 0.270 e. The second kappa shape index (κ2) is 6.75. The van der Waals surface area contributed by atoms with E-state index in [1.165, 1.54) is 10.2 Å². The average molecular weight is 372 g/mol. The highest BCUT2D eigenvalue weighted by molar-refractivity contribution is 9.10. The molecule has 23 heavy (non-hydrogen) atoms. The van der Waals surface area contributed by atoms with Crippen LogP contribution in [0.1, 0.15) is 5.56 Å². The number of hydrogen-bond acceptors (Lipinski definition) is 3. The number of aryl methyl sites for hydroxylation is 2. The van der Waals surface area contributed by atoms with E-state index in [1.807, 2.05) is 30.3 Å². The highest BCUT2D eigenvalue weighted by Crippen LogP contribution is 2.19. The Kier molecular flexibility index (Phi) is 4.52. The Labute approximate surface area is 140 Å². The fraction of sp³-hybridized carbons (Fsp3) is 0.118. The fourth-order valence-electron chi connectivity index (χ4n) is 2.29. The minimum absolute atomic E-state index is 0.108. The first-order valence-electron chi connectivity index (χ1n) is 7.15. The molecule has 0 amide bonds. The van der Waals surface area contributed by atoms with E-state index in [1.54, 1.807) is 0 Å². The zero-order valence-corrected chi connectivity index (χ0v) is 13.8. The second-order valence-electron chi connectivity index (χ2n) is 5.09. The number of benzene rings is 2. The van der Waals surface area contributed by atoms with Crippen LogP contribution in [0.2, 0.25) is 0 Å². The lowest BCUT2D eigenvalue weighted by Crippen LogP contribution is -2.33. The van der Waals surface area contributed by atoms with Crippen LogP contribution >= 0.6 is 15.9 Å². The van der Waals surface area contributed by atoms with E-state index in [0.717, 1.165) is 11.1 Å². The maximum absolute atomic E-state index is 11.7. The van der Waals surface area contributed by atoms with Gasteiger partial charge in [-0.2, -0.15) is 5.10 Å². The van der Waals surface area contributed by atoms with Crippen molar-refractivity contribution < 1.29 is 0 Å². The Morgan fingerprint density at radius 1 is 0.957 bits per heavy atom. The number of rotatable bonds is 4. The van der Waals surface area contributed by atoms with Crippen LogP contribution in [0.3, 0.4) is 0 Å². The summed E-state index contributed by atoms with van der Waals surface area (Å²) < 4.78 is 1.35. The molecule has 6 heteroatoms. The highest BCUT2D eigenvalue weighted by Gasteiger charge is 2.04. The standard InChI is InChI=1S/C17H14BrN3O2/c18-15-16(22)19-17(23)21(20-15)11-10-12-6-8-14(9-7-12)13-4-2-1-3-5-13/h1-9H,10-11H2,(H,19,22,23). The van der Waals surface area contributed by atoms with Crippen molar-refractivity contribution in [2.24, 2.45) is 0 Å². The first-order chi connectivity index (χ1) is 11.1. The summed E-state index contributed by atoms with van der Waals surface area (Å²) in [6.45, 7) is 0.402. The van der Waals surface area contributed by atoms with Gasteiger partial charge in [0.2, 0.25) is 0 Å². The van der Waals surface area contributed by atoms with Gasteiger partial charge in [0.05, 0.1) is 6.54 Å². The fourth-order valence-corrected chi connectivity index (χ4v) is 2.58. The Hall–Kier alpha value is -2.47. The molecule has 2 aromatic carbocycles. The molecule has 0 aliphatic heterocycles. The largest absolute Gasteiger partial charge is 0.344 e. The van der Waals surface area contributed by atoms with Crippen molar-refractivity contribution in [3.63, 3.8) is 0 Å². The predicted octanol–water partition coefficient (Wildman–Crippen LogP) is 2.60. The minimum atomic E-state index is -0.515. The number of aromatic amines is 1. The molecule has 1 heterocycles. The van der Waals surface area contributed by atoms with Crippen LogP contribution in [-0.4, -0.2) is 14.8 Å². The predicted molar refractivity (Wildman–Crippen MR) is 92.4 cm³/mol. The number of hydrogen-bond donors (Lipinski definition) is 1. The zero-order valence-electron chi connectivity index (χ0n) is 12.2. The molecule has 3 rings (SSSR count). The first-order valence-corrected chi connectivity index (χ1v) is 7.94. The Morgan fingerprint density at radius 2 is 1.61 bits per heavy atom. The summed E-state index contributed by atoms with van der Waals surface area (Å²) in [7, 11) is 0. The van der Waals surface area contributed by atoms with Crippen LogP contribution in [0.15, 0.2) is 68.8 Å². The number of nitrogens with zero attached hydrogens (tertiary/aromatic N) is 2. The molecular formula is C17H14BrN3O2. The summed E-state index contributed by atoms with van der Waals surface area (Å²) in [5.74, 6) is 0. The van der Waals surface area contributed by atoms with E-state index in [-0.39, 0.29) is 4.60 Å². The third kappa shape index (κ3) is 3.65. The van der Waals surface area contributed by atoms with Crippen molar-refractivity contribution in [3.05, 3.63) is 85.6 Å². The molecule has 1 aromatic heterocycles.